The summed E-state index contributed by atoms with van der Waals surface area (Å²) in [5, 5.41) is 9.48. The SMILES string of the molecule is COC[C@@H](C)n1c(C)cc(/C=C(\C#N)C(=O)OCc2ncc(-c3ccccc3)o2)c1C. The molecule has 2 aromatic heterocycles. The van der Waals surface area contributed by atoms with Gasteiger partial charge in [0.2, 0.25) is 5.89 Å². The van der Waals surface area contributed by atoms with E-state index in [1.54, 1.807) is 19.4 Å². The molecule has 7 heteroatoms. The van der Waals surface area contributed by atoms with Crippen LogP contribution in [-0.2, 0) is 20.9 Å². The Labute approximate surface area is 181 Å². The number of aryl methyl sites for hydroxylation is 1. The van der Waals surface area contributed by atoms with E-state index in [1.165, 1.54) is 0 Å². The van der Waals surface area contributed by atoms with Gasteiger partial charge in [0.25, 0.3) is 0 Å². The lowest BCUT2D eigenvalue weighted by molar-refractivity contribution is -0.140. The molecule has 0 aliphatic carbocycles. The fourth-order valence-corrected chi connectivity index (χ4v) is 3.55. The van der Waals surface area contributed by atoms with E-state index in [9.17, 15) is 10.1 Å². The Kier molecular flexibility index (Phi) is 7.06. The number of carbonyl (C=O) groups is 1. The summed E-state index contributed by atoms with van der Waals surface area (Å²) in [4.78, 5) is 16.6. The first-order valence-electron chi connectivity index (χ1n) is 9.91. The van der Waals surface area contributed by atoms with Gasteiger partial charge in [0.15, 0.2) is 12.4 Å². The van der Waals surface area contributed by atoms with Gasteiger partial charge in [0.1, 0.15) is 11.6 Å². The largest absolute Gasteiger partial charge is 0.452 e. The van der Waals surface area contributed by atoms with Gasteiger partial charge in [-0.05, 0) is 38.5 Å². The Morgan fingerprint density at radius 3 is 2.74 bits per heavy atom. The van der Waals surface area contributed by atoms with Crippen molar-refractivity contribution in [2.24, 2.45) is 0 Å². The van der Waals surface area contributed by atoms with E-state index in [-0.39, 0.29) is 24.1 Å². The molecule has 160 valence electrons. The second-order valence-electron chi connectivity index (χ2n) is 7.23. The summed E-state index contributed by atoms with van der Waals surface area (Å²) in [7, 11) is 1.66. The van der Waals surface area contributed by atoms with Crippen LogP contribution in [0.15, 0.2) is 52.6 Å². The van der Waals surface area contributed by atoms with E-state index in [1.807, 2.05) is 56.3 Å². The monoisotopic (exact) mass is 419 g/mol. The fourth-order valence-electron chi connectivity index (χ4n) is 3.55. The minimum Gasteiger partial charge on any atom is -0.452 e. The van der Waals surface area contributed by atoms with Crippen LogP contribution < -0.4 is 0 Å². The molecule has 0 amide bonds. The number of esters is 1. The van der Waals surface area contributed by atoms with E-state index in [2.05, 4.69) is 16.5 Å². The zero-order chi connectivity index (χ0) is 22.4. The lowest BCUT2D eigenvalue weighted by Gasteiger charge is -2.17. The average molecular weight is 419 g/mol. The van der Waals surface area contributed by atoms with Crippen LogP contribution in [0.3, 0.4) is 0 Å². The molecule has 7 nitrogen and oxygen atoms in total. The number of ether oxygens (including phenoxy) is 2. The number of carbonyl (C=O) groups excluding carboxylic acids is 1. The van der Waals surface area contributed by atoms with Crippen LogP contribution in [0, 0.1) is 25.2 Å². The highest BCUT2D eigenvalue weighted by Crippen LogP contribution is 2.23. The second-order valence-corrected chi connectivity index (χ2v) is 7.23. The molecule has 0 radical (unpaired) electrons. The number of methoxy groups -OCH3 is 1. The van der Waals surface area contributed by atoms with E-state index >= 15 is 0 Å². The van der Waals surface area contributed by atoms with Gasteiger partial charge in [0.05, 0.1) is 18.8 Å². The molecule has 0 N–H and O–H groups in total. The standard InChI is InChI=1S/C24H25N3O4/c1-16-10-20(18(3)27(16)17(2)14-29-4)11-21(12-25)24(28)30-15-23-26-13-22(31-23)19-8-6-5-7-9-19/h5-11,13,17H,14-15H2,1-4H3/b21-11+/t17-/m1/s1. The molecule has 2 heterocycles. The van der Waals surface area contributed by atoms with Crippen LogP contribution in [0.5, 0.6) is 0 Å². The van der Waals surface area contributed by atoms with Crippen molar-refractivity contribution in [3.8, 4) is 17.4 Å². The number of hydrogen-bond donors (Lipinski definition) is 0. The molecule has 0 saturated heterocycles. The van der Waals surface area contributed by atoms with E-state index in [4.69, 9.17) is 13.9 Å². The van der Waals surface area contributed by atoms with Crippen molar-refractivity contribution in [1.29, 1.82) is 5.26 Å². The van der Waals surface area contributed by atoms with Gasteiger partial charge in [0, 0.05) is 24.1 Å². The first-order valence-corrected chi connectivity index (χ1v) is 9.91. The third-order valence-corrected chi connectivity index (χ3v) is 4.95. The molecule has 3 aromatic rings. The van der Waals surface area contributed by atoms with E-state index in [0.29, 0.717) is 12.4 Å². The zero-order valence-electron chi connectivity index (χ0n) is 18.1. The van der Waals surface area contributed by atoms with Crippen molar-refractivity contribution in [3.05, 3.63) is 71.0 Å². The van der Waals surface area contributed by atoms with Gasteiger partial charge >= 0.3 is 5.97 Å². The highest BCUT2D eigenvalue weighted by molar-refractivity contribution is 5.98. The molecule has 0 bridgehead atoms. The van der Waals surface area contributed by atoms with Crippen LogP contribution in [0.2, 0.25) is 0 Å². The van der Waals surface area contributed by atoms with Crippen molar-refractivity contribution < 1.29 is 18.7 Å². The molecule has 0 aliphatic heterocycles. The summed E-state index contributed by atoms with van der Waals surface area (Å²) in [6.45, 7) is 6.38. The molecule has 0 fully saturated rings. The number of nitrogens with zero attached hydrogens (tertiary/aromatic N) is 3. The Morgan fingerprint density at radius 1 is 1.32 bits per heavy atom. The van der Waals surface area contributed by atoms with Crippen LogP contribution in [-0.4, -0.2) is 29.2 Å². The number of oxazole rings is 1. The quantitative estimate of drug-likeness (QED) is 0.301. The predicted molar refractivity (Wildman–Crippen MR) is 116 cm³/mol. The summed E-state index contributed by atoms with van der Waals surface area (Å²) in [6, 6.07) is 13.5. The summed E-state index contributed by atoms with van der Waals surface area (Å²) in [5.41, 5.74) is 3.55. The molecule has 0 aliphatic rings. The minimum atomic E-state index is -0.725. The molecule has 1 atom stereocenters. The van der Waals surface area contributed by atoms with Crippen LogP contribution in [0.4, 0.5) is 0 Å². The van der Waals surface area contributed by atoms with Gasteiger partial charge in [-0.15, -0.1) is 0 Å². The molecular weight excluding hydrogens is 394 g/mol. The minimum absolute atomic E-state index is 0.0884. The first kappa shape index (κ1) is 22.1. The maximum atomic E-state index is 12.5. The number of nitriles is 1. The van der Waals surface area contributed by atoms with Crippen molar-refractivity contribution in [3.63, 3.8) is 0 Å². The van der Waals surface area contributed by atoms with Crippen LogP contribution in [0.25, 0.3) is 17.4 Å². The van der Waals surface area contributed by atoms with E-state index in [0.717, 1.165) is 22.5 Å². The third-order valence-electron chi connectivity index (χ3n) is 4.95. The van der Waals surface area contributed by atoms with Crippen molar-refractivity contribution in [2.45, 2.75) is 33.4 Å². The molecule has 0 saturated carbocycles. The fraction of sp³-hybridized carbons (Fsp3) is 0.292. The molecule has 0 unspecified atom stereocenters. The molecule has 3 rings (SSSR count). The van der Waals surface area contributed by atoms with Crippen molar-refractivity contribution >= 4 is 12.0 Å². The Hall–Kier alpha value is -3.63. The topological polar surface area (TPSA) is 90.3 Å². The number of hydrogen-bond acceptors (Lipinski definition) is 6. The third kappa shape index (κ3) is 5.11. The van der Waals surface area contributed by atoms with Crippen molar-refractivity contribution in [1.82, 2.24) is 9.55 Å². The van der Waals surface area contributed by atoms with Crippen LogP contribution in [0.1, 0.15) is 35.8 Å². The van der Waals surface area contributed by atoms with Crippen LogP contribution >= 0.6 is 0 Å². The number of rotatable bonds is 8. The maximum Gasteiger partial charge on any atom is 0.349 e. The smallest absolute Gasteiger partial charge is 0.349 e. The summed E-state index contributed by atoms with van der Waals surface area (Å²) in [5.74, 6) is 0.119. The number of benzene rings is 1. The van der Waals surface area contributed by atoms with Gasteiger partial charge in [-0.2, -0.15) is 5.26 Å². The average Bonchev–Trinajstić information content (AvgIpc) is 3.35. The summed E-state index contributed by atoms with van der Waals surface area (Å²) >= 11 is 0. The molecule has 31 heavy (non-hydrogen) atoms. The molecule has 1 aromatic carbocycles. The van der Waals surface area contributed by atoms with Gasteiger partial charge in [-0.3, -0.25) is 0 Å². The lowest BCUT2D eigenvalue weighted by atomic mass is 10.1. The zero-order valence-corrected chi connectivity index (χ0v) is 18.1. The Bertz CT molecular complexity index is 1120. The van der Waals surface area contributed by atoms with Gasteiger partial charge in [-0.1, -0.05) is 30.3 Å². The second kappa shape index (κ2) is 9.92. The maximum absolute atomic E-state index is 12.5. The summed E-state index contributed by atoms with van der Waals surface area (Å²) < 4.78 is 18.2. The highest BCUT2D eigenvalue weighted by atomic mass is 16.5. The first-order chi connectivity index (χ1) is 14.9. The molecular formula is C24H25N3O4. The normalized spacial score (nSPS) is 12.4. The summed E-state index contributed by atoms with van der Waals surface area (Å²) in [6.07, 6.45) is 3.13. The van der Waals surface area contributed by atoms with Crippen molar-refractivity contribution in [2.75, 3.05) is 13.7 Å². The van der Waals surface area contributed by atoms with Gasteiger partial charge in [-0.25, -0.2) is 9.78 Å². The molecule has 0 spiro atoms. The Balaban J connectivity index is 1.71. The van der Waals surface area contributed by atoms with E-state index < -0.39 is 5.97 Å². The van der Waals surface area contributed by atoms with Gasteiger partial charge < -0.3 is 18.5 Å². The predicted octanol–water partition coefficient (Wildman–Crippen LogP) is 4.62. The Morgan fingerprint density at radius 2 is 2.06 bits per heavy atom. The highest BCUT2D eigenvalue weighted by Gasteiger charge is 2.17. The number of aromatic nitrogens is 2. The lowest BCUT2D eigenvalue weighted by Crippen LogP contribution is -2.13.